The minimum absolute atomic E-state index is 0.640. The second kappa shape index (κ2) is 8.11. The van der Waals surface area contributed by atoms with Crippen LogP contribution in [0.1, 0.15) is 32.6 Å². The first-order chi connectivity index (χ1) is 7.86. The zero-order valence-corrected chi connectivity index (χ0v) is 10.2. The summed E-state index contributed by atoms with van der Waals surface area (Å²) in [6.45, 7) is 8.12. The van der Waals surface area contributed by atoms with Crippen molar-refractivity contribution in [3.05, 3.63) is 31.4 Å². The molecular weight excluding hydrogens is 198 g/mol. The Morgan fingerprint density at radius 1 is 1.56 bits per heavy atom. The molecule has 1 N–H and O–H groups in total. The zero-order valence-electron chi connectivity index (χ0n) is 10.2. The molecule has 16 heavy (non-hydrogen) atoms. The molecule has 0 saturated carbocycles. The van der Waals surface area contributed by atoms with Crippen molar-refractivity contribution in [2.24, 2.45) is 0 Å². The first-order valence-corrected chi connectivity index (χ1v) is 6.16. The van der Waals surface area contributed by atoms with Gasteiger partial charge < -0.3 is 9.88 Å². The van der Waals surface area contributed by atoms with Crippen molar-refractivity contribution in [1.82, 2.24) is 14.9 Å². The lowest BCUT2D eigenvalue weighted by Crippen LogP contribution is -2.29. The molecule has 0 radical (unpaired) electrons. The van der Waals surface area contributed by atoms with E-state index in [1.807, 2.05) is 24.8 Å². The largest absolute Gasteiger partial charge is 0.337 e. The molecule has 0 bridgehead atoms. The first-order valence-electron chi connectivity index (χ1n) is 6.16. The molecule has 3 nitrogen and oxygen atoms in total. The van der Waals surface area contributed by atoms with E-state index in [-0.39, 0.29) is 0 Å². The molecule has 0 spiro atoms. The third kappa shape index (κ3) is 5.12. The summed E-state index contributed by atoms with van der Waals surface area (Å²) in [4.78, 5) is 4.02. The molecule has 1 atom stereocenters. The van der Waals surface area contributed by atoms with Gasteiger partial charge in [0.1, 0.15) is 0 Å². The van der Waals surface area contributed by atoms with Gasteiger partial charge in [0.05, 0.1) is 6.33 Å². The van der Waals surface area contributed by atoms with E-state index in [0.717, 1.165) is 25.9 Å². The molecule has 90 valence electrons. The van der Waals surface area contributed by atoms with E-state index in [9.17, 15) is 0 Å². The summed E-state index contributed by atoms with van der Waals surface area (Å²) in [7, 11) is 0. The molecule has 0 aromatic carbocycles. The van der Waals surface area contributed by atoms with Gasteiger partial charge in [-0.3, -0.25) is 0 Å². The third-order valence-electron chi connectivity index (χ3n) is 2.80. The maximum atomic E-state index is 4.02. The van der Waals surface area contributed by atoms with Crippen molar-refractivity contribution in [1.29, 1.82) is 0 Å². The predicted molar refractivity (Wildman–Crippen MR) is 68.4 cm³/mol. The lowest BCUT2D eigenvalue weighted by atomic mass is 10.1. The van der Waals surface area contributed by atoms with E-state index in [0.29, 0.717) is 6.04 Å². The lowest BCUT2D eigenvalue weighted by molar-refractivity contribution is 0.455. The summed E-state index contributed by atoms with van der Waals surface area (Å²) in [5.41, 5.74) is 0. The topological polar surface area (TPSA) is 29.9 Å². The number of allylic oxidation sites excluding steroid dienone is 1. The maximum absolute atomic E-state index is 4.02. The number of aryl methyl sites for hydroxylation is 1. The quantitative estimate of drug-likeness (QED) is 0.513. The van der Waals surface area contributed by atoms with Crippen molar-refractivity contribution >= 4 is 0 Å². The predicted octanol–water partition coefficient (Wildman–Crippen LogP) is 2.61. The Balaban J connectivity index is 2.06. The van der Waals surface area contributed by atoms with Gasteiger partial charge in [-0.2, -0.15) is 0 Å². The molecular formula is C13H23N3. The standard InChI is InChI=1S/C13H23N3/c1-3-5-7-13(4-2)15-8-6-10-16-11-9-14-12-16/h3,9,11-13,15H,1,4-8,10H2,2H3. The first kappa shape index (κ1) is 13.0. The highest BCUT2D eigenvalue weighted by Crippen LogP contribution is 2.02. The van der Waals surface area contributed by atoms with E-state index in [4.69, 9.17) is 0 Å². The lowest BCUT2D eigenvalue weighted by Gasteiger charge is -2.15. The van der Waals surface area contributed by atoms with Crippen LogP contribution in [0.3, 0.4) is 0 Å². The number of nitrogens with one attached hydrogen (secondary N) is 1. The van der Waals surface area contributed by atoms with Gasteiger partial charge in [0.25, 0.3) is 0 Å². The van der Waals surface area contributed by atoms with Crippen LogP contribution in [0.2, 0.25) is 0 Å². The van der Waals surface area contributed by atoms with Crippen LogP contribution < -0.4 is 5.32 Å². The van der Waals surface area contributed by atoms with Crippen LogP contribution in [-0.2, 0) is 6.54 Å². The molecule has 0 aliphatic rings. The average molecular weight is 221 g/mol. The molecule has 0 aliphatic carbocycles. The van der Waals surface area contributed by atoms with E-state index in [2.05, 4.69) is 28.4 Å². The van der Waals surface area contributed by atoms with Gasteiger partial charge in [-0.15, -0.1) is 6.58 Å². The van der Waals surface area contributed by atoms with Crippen LogP contribution in [0.5, 0.6) is 0 Å². The molecule has 1 aromatic heterocycles. The number of rotatable bonds is 9. The summed E-state index contributed by atoms with van der Waals surface area (Å²) >= 11 is 0. The van der Waals surface area contributed by atoms with Gasteiger partial charge in [-0.25, -0.2) is 4.98 Å². The molecule has 0 saturated heterocycles. The van der Waals surface area contributed by atoms with Crippen LogP contribution >= 0.6 is 0 Å². The average Bonchev–Trinajstić information content (AvgIpc) is 2.81. The highest BCUT2D eigenvalue weighted by atomic mass is 15.0. The zero-order chi connectivity index (χ0) is 11.6. The van der Waals surface area contributed by atoms with Crippen molar-refractivity contribution < 1.29 is 0 Å². The SMILES string of the molecule is C=CCCC(CC)NCCCn1ccnc1. The molecule has 0 amide bonds. The highest BCUT2D eigenvalue weighted by molar-refractivity contribution is 4.75. The number of nitrogens with zero attached hydrogens (tertiary/aromatic N) is 2. The monoisotopic (exact) mass is 221 g/mol. The number of imidazole rings is 1. The van der Waals surface area contributed by atoms with Crippen LogP contribution in [0.4, 0.5) is 0 Å². The van der Waals surface area contributed by atoms with E-state index in [1.54, 1.807) is 0 Å². The second-order valence-corrected chi connectivity index (χ2v) is 4.08. The fourth-order valence-corrected chi connectivity index (χ4v) is 1.76. The fourth-order valence-electron chi connectivity index (χ4n) is 1.76. The molecule has 0 aliphatic heterocycles. The molecule has 1 rings (SSSR count). The molecule has 0 fully saturated rings. The number of aromatic nitrogens is 2. The van der Waals surface area contributed by atoms with Gasteiger partial charge in [0.2, 0.25) is 0 Å². The van der Waals surface area contributed by atoms with Gasteiger partial charge in [0.15, 0.2) is 0 Å². The summed E-state index contributed by atoms with van der Waals surface area (Å²) in [6.07, 6.45) is 12.4. The van der Waals surface area contributed by atoms with E-state index >= 15 is 0 Å². The maximum Gasteiger partial charge on any atom is 0.0945 e. The Morgan fingerprint density at radius 2 is 2.44 bits per heavy atom. The Bertz CT molecular complexity index is 267. The Hall–Kier alpha value is -1.09. The van der Waals surface area contributed by atoms with Crippen molar-refractivity contribution in [2.75, 3.05) is 6.54 Å². The molecule has 3 heteroatoms. The minimum Gasteiger partial charge on any atom is -0.337 e. The van der Waals surface area contributed by atoms with Crippen LogP contribution in [0.15, 0.2) is 31.4 Å². The smallest absolute Gasteiger partial charge is 0.0945 e. The number of hydrogen-bond acceptors (Lipinski definition) is 2. The van der Waals surface area contributed by atoms with Crippen LogP contribution in [0.25, 0.3) is 0 Å². The third-order valence-corrected chi connectivity index (χ3v) is 2.80. The van der Waals surface area contributed by atoms with Crippen LogP contribution in [-0.4, -0.2) is 22.1 Å². The normalized spacial score (nSPS) is 12.6. The Morgan fingerprint density at radius 3 is 3.06 bits per heavy atom. The molecule has 1 heterocycles. The Kier molecular flexibility index (Phi) is 6.58. The van der Waals surface area contributed by atoms with Gasteiger partial charge >= 0.3 is 0 Å². The van der Waals surface area contributed by atoms with Gasteiger partial charge in [-0.05, 0) is 32.2 Å². The van der Waals surface area contributed by atoms with E-state index in [1.165, 1.54) is 12.8 Å². The summed E-state index contributed by atoms with van der Waals surface area (Å²) in [6, 6.07) is 0.640. The van der Waals surface area contributed by atoms with E-state index < -0.39 is 0 Å². The summed E-state index contributed by atoms with van der Waals surface area (Å²) in [5, 5.41) is 3.59. The van der Waals surface area contributed by atoms with Crippen molar-refractivity contribution in [2.45, 2.75) is 45.2 Å². The summed E-state index contributed by atoms with van der Waals surface area (Å²) in [5.74, 6) is 0. The second-order valence-electron chi connectivity index (χ2n) is 4.08. The molecule has 1 unspecified atom stereocenters. The molecule has 1 aromatic rings. The summed E-state index contributed by atoms with van der Waals surface area (Å²) < 4.78 is 2.12. The Labute approximate surface area is 98.6 Å². The van der Waals surface area contributed by atoms with Crippen LogP contribution in [0, 0.1) is 0 Å². The van der Waals surface area contributed by atoms with Gasteiger partial charge in [0, 0.05) is 25.0 Å². The number of hydrogen-bond donors (Lipinski definition) is 1. The fraction of sp³-hybridized carbons (Fsp3) is 0.615. The van der Waals surface area contributed by atoms with Crippen molar-refractivity contribution in [3.63, 3.8) is 0 Å². The minimum atomic E-state index is 0.640. The highest BCUT2D eigenvalue weighted by Gasteiger charge is 2.03. The van der Waals surface area contributed by atoms with Crippen molar-refractivity contribution in [3.8, 4) is 0 Å². The van der Waals surface area contributed by atoms with Gasteiger partial charge in [-0.1, -0.05) is 13.0 Å².